The van der Waals surface area contributed by atoms with Crippen LogP contribution in [0.1, 0.15) is 120 Å². The van der Waals surface area contributed by atoms with Crippen LogP contribution in [0.15, 0.2) is 40.6 Å². The molecule has 3 aliphatic heterocycles. The van der Waals surface area contributed by atoms with Gasteiger partial charge in [-0.3, -0.25) is 4.79 Å². The molecule has 6 N–H and O–H groups in total. The zero-order chi connectivity index (χ0) is 49.3. The molecule has 3 aliphatic rings. The molecule has 16 heteroatoms. The van der Waals surface area contributed by atoms with Gasteiger partial charge >= 0.3 is 5.97 Å². The van der Waals surface area contributed by atoms with Crippen molar-refractivity contribution >= 4 is 21.9 Å². The average Bonchev–Trinajstić information content (AvgIpc) is 3.25. The number of nitrogens with zero attached hydrogens (tertiary/aromatic N) is 2. The van der Waals surface area contributed by atoms with Crippen molar-refractivity contribution in [2.45, 2.75) is 205 Å². The number of aliphatic hydroxyl groups excluding tert-OH is 1. The van der Waals surface area contributed by atoms with Crippen molar-refractivity contribution < 1.29 is 52.9 Å². The van der Waals surface area contributed by atoms with Gasteiger partial charge in [-0.25, -0.2) is 4.39 Å². The Morgan fingerprint density at radius 1 is 1.03 bits per heavy atom. The Morgan fingerprint density at radius 3 is 2.30 bits per heavy atom. The molecule has 0 amide bonds. The molecule has 3 saturated heterocycles. The fourth-order valence-corrected chi connectivity index (χ4v) is 10.8. The molecule has 66 heavy (non-hydrogen) atoms. The first kappa shape index (κ1) is 56.6. The van der Waals surface area contributed by atoms with Gasteiger partial charge in [0.05, 0.1) is 47.6 Å². The number of benzene rings is 1. The van der Waals surface area contributed by atoms with Crippen LogP contribution < -0.4 is 11.1 Å². The molecule has 3 fully saturated rings. The predicted molar refractivity (Wildman–Crippen MR) is 258 cm³/mol. The van der Waals surface area contributed by atoms with Crippen LogP contribution in [0.2, 0.25) is 0 Å². The number of esters is 1. The molecule has 14 nitrogen and oxygen atoms in total. The van der Waals surface area contributed by atoms with E-state index in [4.69, 9.17) is 34.2 Å². The summed E-state index contributed by atoms with van der Waals surface area (Å²) >= 11 is 3.45. The summed E-state index contributed by atoms with van der Waals surface area (Å²) in [6.45, 7) is 19.2. The van der Waals surface area contributed by atoms with Crippen LogP contribution in [0, 0.1) is 17.8 Å². The highest BCUT2D eigenvalue weighted by molar-refractivity contribution is 9.10. The fraction of sp³-hybridized carbons (Fsp3) is 0.820. The normalized spacial score (nSPS) is 40.0. The van der Waals surface area contributed by atoms with E-state index in [0.29, 0.717) is 57.3 Å². The SMILES string of the molecule is CC[C@H]1OC(=O)[C@H](C)[C@@H](O[C@H]2C[C@@](C)(OC)C[C@H](C)O2)[C@H](C)[C@@H](O[C@H]2C[C@@H](N(C)CC/C(N)=C/N[C@H](CF)Cc3ccc(Br)cc3)C[C@@H](C)O2)[C@](C)(O)C[C@@H](C)CN(C)[C@H](C)[C@@H](O)[C@]1(C)O. The second-order valence-corrected chi connectivity index (χ2v) is 21.8. The minimum atomic E-state index is -1.78. The number of alkyl halides is 1. The number of hydrogen-bond donors (Lipinski definition) is 5. The molecule has 1 aromatic carbocycles. The second kappa shape index (κ2) is 24.7. The highest BCUT2D eigenvalue weighted by atomic mass is 79.9. The predicted octanol–water partition coefficient (Wildman–Crippen LogP) is 6.45. The molecule has 0 spiro atoms. The van der Waals surface area contributed by atoms with Crippen LogP contribution >= 0.6 is 15.9 Å². The summed E-state index contributed by atoms with van der Waals surface area (Å²) in [6, 6.07) is 6.96. The van der Waals surface area contributed by atoms with Gasteiger partial charge in [-0.05, 0) is 112 Å². The first-order valence-corrected chi connectivity index (χ1v) is 25.0. The lowest BCUT2D eigenvalue weighted by Crippen LogP contribution is -2.59. The number of cyclic esters (lactones) is 1. The first-order valence-electron chi connectivity index (χ1n) is 24.2. The molecule has 0 aliphatic carbocycles. The lowest BCUT2D eigenvalue weighted by molar-refractivity contribution is -0.292. The first-order chi connectivity index (χ1) is 30.8. The summed E-state index contributed by atoms with van der Waals surface area (Å²) < 4.78 is 53.9. The van der Waals surface area contributed by atoms with Crippen molar-refractivity contribution in [2.24, 2.45) is 23.5 Å². The third kappa shape index (κ3) is 15.5. The van der Waals surface area contributed by atoms with E-state index >= 15 is 0 Å². The molecule has 1 aromatic rings. The number of carbonyl (C=O) groups excluding carboxylic acids is 1. The van der Waals surface area contributed by atoms with Gasteiger partial charge in [-0.15, -0.1) is 0 Å². The maximum atomic E-state index is 14.4. The van der Waals surface area contributed by atoms with Crippen LogP contribution in [0.3, 0.4) is 0 Å². The lowest BCUT2D eigenvalue weighted by Gasteiger charge is -2.47. The van der Waals surface area contributed by atoms with Crippen molar-refractivity contribution in [1.82, 2.24) is 15.1 Å². The quantitative estimate of drug-likeness (QED) is 0.121. The topological polar surface area (TPSA) is 178 Å². The van der Waals surface area contributed by atoms with Crippen LogP contribution in [-0.4, -0.2) is 156 Å². The molecule has 17 atom stereocenters. The van der Waals surface area contributed by atoms with Gasteiger partial charge in [-0.2, -0.15) is 0 Å². The van der Waals surface area contributed by atoms with Gasteiger partial charge in [0, 0.05) is 80.3 Å². The Morgan fingerprint density at radius 2 is 1.68 bits per heavy atom. The van der Waals surface area contributed by atoms with E-state index in [0.717, 1.165) is 16.5 Å². The monoisotopic (exact) mass is 1000 g/mol. The number of likely N-dealkylation sites (N-methyl/N-ethyl adjacent to an activating group) is 1. The summed E-state index contributed by atoms with van der Waals surface area (Å²) in [6.07, 6.45) is -0.334. The summed E-state index contributed by atoms with van der Waals surface area (Å²) in [5, 5.41) is 39.4. The summed E-state index contributed by atoms with van der Waals surface area (Å²) in [5.74, 6) is -2.29. The number of nitrogens with one attached hydrogen (secondary N) is 1. The van der Waals surface area contributed by atoms with Gasteiger partial charge in [0.2, 0.25) is 0 Å². The minimum absolute atomic E-state index is 0.0436. The highest BCUT2D eigenvalue weighted by Crippen LogP contribution is 2.40. The zero-order valence-corrected chi connectivity index (χ0v) is 43.8. The van der Waals surface area contributed by atoms with Crippen LogP contribution in [0.4, 0.5) is 4.39 Å². The summed E-state index contributed by atoms with van der Waals surface area (Å²) in [7, 11) is 5.60. The molecule has 0 bridgehead atoms. The van der Waals surface area contributed by atoms with E-state index in [1.54, 1.807) is 27.2 Å². The molecule has 0 aromatic heterocycles. The third-order valence-corrected chi connectivity index (χ3v) is 15.1. The molecular weight excluding hydrogens is 915 g/mol. The number of methoxy groups -OCH3 is 1. The van der Waals surface area contributed by atoms with Gasteiger partial charge in [0.15, 0.2) is 12.6 Å². The number of rotatable bonds is 15. The Balaban J connectivity index is 1.62. The van der Waals surface area contributed by atoms with E-state index in [1.807, 2.05) is 91.7 Å². The number of aliphatic hydroxyl groups is 3. The van der Waals surface area contributed by atoms with Crippen LogP contribution in [-0.2, 0) is 39.6 Å². The van der Waals surface area contributed by atoms with E-state index < -0.39 is 90.4 Å². The standard InChI is InChI=1S/C50H86BrFN4O10/c1-14-41-50(10,60)45(57)35(7)56(12)29-30(2)24-49(9,59)46(33(5)44(34(6)47(58)64-41)65-43-26-48(8,61-13)25-32(4)63-43)66-42-23-40(21-31(3)62-42)55(11)20-19-38(53)28-54-39(27-52)22-36-15-17-37(51)18-16-36/h15-18,28,30-35,39-46,54,57,59-60H,14,19-27,29,53H2,1-13H3/b38-28-/t30-,31-,32+,33+,34-,35-,39+,40+,41-,42+,43+,44+,45-,46-,48+,49-,50-/m1/s1. The molecule has 4 rings (SSSR count). The van der Waals surface area contributed by atoms with E-state index in [2.05, 4.69) is 26.1 Å². The number of nitrogens with two attached hydrogens (primary N) is 1. The van der Waals surface area contributed by atoms with Crippen LogP contribution in [0.5, 0.6) is 0 Å². The minimum Gasteiger partial charge on any atom is -0.459 e. The maximum Gasteiger partial charge on any atom is 0.311 e. The molecule has 0 saturated carbocycles. The summed E-state index contributed by atoms with van der Waals surface area (Å²) in [5.41, 5.74) is 4.31. The Bertz CT molecular complexity index is 1680. The smallest absolute Gasteiger partial charge is 0.311 e. The maximum absolute atomic E-state index is 14.4. The molecule has 380 valence electrons. The largest absolute Gasteiger partial charge is 0.459 e. The zero-order valence-electron chi connectivity index (χ0n) is 42.2. The number of ether oxygens (including phenoxy) is 6. The second-order valence-electron chi connectivity index (χ2n) is 20.9. The van der Waals surface area contributed by atoms with E-state index in [-0.39, 0.29) is 30.6 Å². The van der Waals surface area contributed by atoms with Gasteiger partial charge < -0.3 is 64.6 Å². The molecular formula is C50H86BrFN4O10. The number of hydrogen-bond acceptors (Lipinski definition) is 14. The number of carbonyl (C=O) groups is 1. The van der Waals surface area contributed by atoms with Gasteiger partial charge in [-0.1, -0.05) is 48.8 Å². The Hall–Kier alpha value is -1.96. The van der Waals surface area contributed by atoms with Crippen LogP contribution in [0.25, 0.3) is 0 Å². The van der Waals surface area contributed by atoms with Crippen molar-refractivity contribution in [3.05, 3.63) is 46.2 Å². The molecule has 0 unspecified atom stereocenters. The lowest BCUT2D eigenvalue weighted by atomic mass is 9.77. The van der Waals surface area contributed by atoms with Gasteiger partial charge in [0.25, 0.3) is 0 Å². The van der Waals surface area contributed by atoms with Gasteiger partial charge in [0.1, 0.15) is 24.5 Å². The Labute approximate surface area is 403 Å². The van der Waals surface area contributed by atoms with E-state index in [9.17, 15) is 24.5 Å². The fourth-order valence-electron chi connectivity index (χ4n) is 10.5. The number of halogens is 2. The van der Waals surface area contributed by atoms with E-state index in [1.165, 1.54) is 6.92 Å². The van der Waals surface area contributed by atoms with Crippen molar-refractivity contribution in [2.75, 3.05) is 41.0 Å². The van der Waals surface area contributed by atoms with Crippen molar-refractivity contribution in [3.63, 3.8) is 0 Å². The summed E-state index contributed by atoms with van der Waals surface area (Å²) in [4.78, 5) is 18.6. The van der Waals surface area contributed by atoms with Crippen molar-refractivity contribution in [3.8, 4) is 0 Å². The highest BCUT2D eigenvalue weighted by Gasteiger charge is 2.51. The third-order valence-electron chi connectivity index (χ3n) is 14.6. The average molecular weight is 1000 g/mol. The van der Waals surface area contributed by atoms with Crippen molar-refractivity contribution in [1.29, 1.82) is 0 Å². The molecule has 3 heterocycles. The Kier molecular flexibility index (Phi) is 21.2. The molecule has 0 radical (unpaired) electrons.